The Morgan fingerprint density at radius 3 is 2.53 bits per heavy atom. The van der Waals surface area contributed by atoms with Gasteiger partial charge in [0.25, 0.3) is 11.8 Å². The Labute approximate surface area is 214 Å². The number of halogens is 3. The molecule has 1 aliphatic carbocycles. The number of nitrogens with two attached hydrogens (primary N) is 1. The number of rotatable bonds is 6. The molecule has 5 rings (SSSR count). The Hall–Kier alpha value is -4.42. The summed E-state index contributed by atoms with van der Waals surface area (Å²) in [6.45, 7) is 1.65. The number of alkyl halides is 3. The monoisotopic (exact) mass is 527 g/mol. The number of nitrogens with one attached hydrogen (secondary N) is 1. The van der Waals surface area contributed by atoms with E-state index in [0.717, 1.165) is 12.3 Å². The van der Waals surface area contributed by atoms with Gasteiger partial charge in [-0.1, -0.05) is 6.07 Å². The molecule has 3 N–H and O–H groups in total. The van der Waals surface area contributed by atoms with E-state index < -0.39 is 17.6 Å². The summed E-state index contributed by atoms with van der Waals surface area (Å²) in [6, 6.07) is 7.33. The minimum absolute atomic E-state index is 0.106. The first-order chi connectivity index (χ1) is 18.1. The topological polar surface area (TPSA) is 129 Å². The lowest BCUT2D eigenvalue weighted by molar-refractivity contribution is -0.137. The van der Waals surface area contributed by atoms with E-state index in [1.165, 1.54) is 16.9 Å². The number of amides is 2. The average Bonchev–Trinajstić information content (AvgIpc) is 3.45. The van der Waals surface area contributed by atoms with Crippen molar-refractivity contribution < 1.29 is 27.5 Å². The highest BCUT2D eigenvalue weighted by Crippen LogP contribution is 2.30. The zero-order valence-electron chi connectivity index (χ0n) is 20.3. The lowest BCUT2D eigenvalue weighted by Gasteiger charge is -2.29. The predicted molar refractivity (Wildman–Crippen MR) is 129 cm³/mol. The van der Waals surface area contributed by atoms with Crippen LogP contribution in [0.5, 0.6) is 5.88 Å². The van der Waals surface area contributed by atoms with Gasteiger partial charge in [0, 0.05) is 18.4 Å². The van der Waals surface area contributed by atoms with Crippen LogP contribution in [0.3, 0.4) is 0 Å². The molecule has 0 unspecified atom stereocenters. The number of hydrogen-bond donors (Lipinski definition) is 2. The number of hydrogen-bond acceptors (Lipinski definition) is 6. The van der Waals surface area contributed by atoms with Crippen LogP contribution in [0.25, 0.3) is 11.3 Å². The maximum atomic E-state index is 12.9. The first-order valence-electron chi connectivity index (χ1n) is 11.9. The Balaban J connectivity index is 1.20. The molecule has 13 heteroatoms. The first kappa shape index (κ1) is 25.2. The number of aromatic nitrogens is 5. The summed E-state index contributed by atoms with van der Waals surface area (Å²) in [4.78, 5) is 28.8. The summed E-state index contributed by atoms with van der Waals surface area (Å²) in [5.74, 6) is -0.587. The van der Waals surface area contributed by atoms with E-state index in [1.807, 2.05) is 0 Å². The van der Waals surface area contributed by atoms with E-state index in [2.05, 4.69) is 20.5 Å². The van der Waals surface area contributed by atoms with Crippen molar-refractivity contribution in [2.24, 2.45) is 5.73 Å². The minimum atomic E-state index is -4.49. The lowest BCUT2D eigenvalue weighted by Crippen LogP contribution is -2.40. The third-order valence-electron chi connectivity index (χ3n) is 6.59. The highest BCUT2D eigenvalue weighted by molar-refractivity contribution is 6.02. The molecule has 0 bridgehead atoms. The SMILES string of the molecule is Cc1c(C(=O)NC2CCC(Oc3nn4ccccc4c3C(N)=O)CC2)cnn1-c1ccc(C(F)(F)F)cn1. The molecule has 10 nitrogen and oxygen atoms in total. The van der Waals surface area contributed by atoms with Gasteiger partial charge >= 0.3 is 6.18 Å². The van der Waals surface area contributed by atoms with Crippen LogP contribution in [0, 0.1) is 6.92 Å². The van der Waals surface area contributed by atoms with Crippen LogP contribution in [0.2, 0.25) is 0 Å². The molecule has 1 fully saturated rings. The quantitative estimate of drug-likeness (QED) is 0.395. The van der Waals surface area contributed by atoms with E-state index in [-0.39, 0.29) is 35.3 Å². The van der Waals surface area contributed by atoms with Crippen molar-refractivity contribution in [2.45, 2.75) is 50.9 Å². The second-order valence-corrected chi connectivity index (χ2v) is 9.10. The van der Waals surface area contributed by atoms with Crippen LogP contribution < -0.4 is 15.8 Å². The molecular formula is C25H24F3N7O3. The third kappa shape index (κ3) is 4.91. The Morgan fingerprint density at radius 2 is 1.87 bits per heavy atom. The summed E-state index contributed by atoms with van der Waals surface area (Å²) >= 11 is 0. The Kier molecular flexibility index (Phi) is 6.51. The molecular weight excluding hydrogens is 503 g/mol. The predicted octanol–water partition coefficient (Wildman–Crippen LogP) is 3.46. The molecule has 198 valence electrons. The van der Waals surface area contributed by atoms with Gasteiger partial charge in [-0.05, 0) is 56.9 Å². The van der Waals surface area contributed by atoms with Crippen molar-refractivity contribution >= 4 is 17.3 Å². The van der Waals surface area contributed by atoms with Gasteiger partial charge in [-0.25, -0.2) is 14.2 Å². The Bertz CT molecular complexity index is 1490. The van der Waals surface area contributed by atoms with Crippen LogP contribution in [-0.2, 0) is 6.18 Å². The number of ether oxygens (including phenoxy) is 1. The highest BCUT2D eigenvalue weighted by Gasteiger charge is 2.31. The maximum Gasteiger partial charge on any atom is 0.417 e. The van der Waals surface area contributed by atoms with Crippen molar-refractivity contribution in [3.63, 3.8) is 0 Å². The van der Waals surface area contributed by atoms with Gasteiger partial charge in [0.15, 0.2) is 5.82 Å². The van der Waals surface area contributed by atoms with Crippen molar-refractivity contribution in [2.75, 3.05) is 0 Å². The fraction of sp³-hybridized carbons (Fsp3) is 0.320. The van der Waals surface area contributed by atoms with Crippen molar-refractivity contribution in [3.05, 3.63) is 71.3 Å². The van der Waals surface area contributed by atoms with Gasteiger partial charge in [0.1, 0.15) is 11.7 Å². The normalized spacial score (nSPS) is 17.9. The van der Waals surface area contributed by atoms with E-state index in [4.69, 9.17) is 10.5 Å². The summed E-state index contributed by atoms with van der Waals surface area (Å²) in [5, 5.41) is 11.5. The molecule has 4 aromatic heterocycles. The molecule has 1 aliphatic rings. The van der Waals surface area contributed by atoms with Gasteiger partial charge in [-0.2, -0.15) is 18.3 Å². The van der Waals surface area contributed by atoms with E-state index in [9.17, 15) is 22.8 Å². The van der Waals surface area contributed by atoms with Gasteiger partial charge in [-0.15, -0.1) is 5.10 Å². The number of fused-ring (bicyclic) bond motifs is 1. The average molecular weight is 528 g/mol. The fourth-order valence-electron chi connectivity index (χ4n) is 4.58. The largest absolute Gasteiger partial charge is 0.473 e. The van der Waals surface area contributed by atoms with Crippen molar-refractivity contribution in [1.29, 1.82) is 0 Å². The smallest absolute Gasteiger partial charge is 0.417 e. The summed E-state index contributed by atoms with van der Waals surface area (Å²) in [7, 11) is 0. The van der Waals surface area contributed by atoms with Gasteiger partial charge < -0.3 is 15.8 Å². The van der Waals surface area contributed by atoms with Gasteiger partial charge in [0.05, 0.1) is 28.5 Å². The van der Waals surface area contributed by atoms with Crippen LogP contribution in [0.1, 0.15) is 57.7 Å². The molecule has 0 spiro atoms. The molecule has 0 atom stereocenters. The number of pyridine rings is 2. The van der Waals surface area contributed by atoms with Crippen LogP contribution in [-0.4, -0.2) is 48.3 Å². The first-order valence-corrected chi connectivity index (χ1v) is 11.9. The summed E-state index contributed by atoms with van der Waals surface area (Å²) in [5.41, 5.74) is 6.26. The minimum Gasteiger partial charge on any atom is -0.473 e. The number of carbonyl (C=O) groups excluding carboxylic acids is 2. The second-order valence-electron chi connectivity index (χ2n) is 9.10. The molecule has 2 amide bonds. The van der Waals surface area contributed by atoms with E-state index in [1.54, 1.807) is 35.8 Å². The molecule has 38 heavy (non-hydrogen) atoms. The number of primary amides is 1. The summed E-state index contributed by atoms with van der Waals surface area (Å²) < 4.78 is 47.4. The number of nitrogens with zero attached hydrogens (tertiary/aromatic N) is 5. The molecule has 0 aromatic carbocycles. The molecule has 1 saturated carbocycles. The standard InChI is InChI=1S/C25H24F3N7O3/c1-14-18(13-31-35(14)20-10-5-15(12-30-20)25(26,27)28)23(37)32-16-6-8-17(9-7-16)38-24-21(22(29)36)19-4-2-3-11-34(19)33-24/h2-5,10-13,16-17H,6-9H2,1H3,(H2,29,36)(H,32,37). The highest BCUT2D eigenvalue weighted by atomic mass is 19.4. The molecule has 4 aromatic rings. The van der Waals surface area contributed by atoms with Crippen LogP contribution in [0.4, 0.5) is 13.2 Å². The Morgan fingerprint density at radius 1 is 1.11 bits per heavy atom. The van der Waals surface area contributed by atoms with Gasteiger partial charge in [0.2, 0.25) is 5.88 Å². The van der Waals surface area contributed by atoms with Crippen molar-refractivity contribution in [1.82, 2.24) is 29.7 Å². The number of carbonyl (C=O) groups is 2. The molecule has 0 radical (unpaired) electrons. The van der Waals surface area contributed by atoms with Gasteiger partial charge in [-0.3, -0.25) is 9.59 Å². The van der Waals surface area contributed by atoms with Crippen LogP contribution in [0.15, 0.2) is 48.9 Å². The third-order valence-corrected chi connectivity index (χ3v) is 6.59. The molecule has 4 heterocycles. The fourth-order valence-corrected chi connectivity index (χ4v) is 4.58. The lowest BCUT2D eigenvalue weighted by atomic mass is 9.92. The van der Waals surface area contributed by atoms with E-state index in [0.29, 0.717) is 42.5 Å². The summed E-state index contributed by atoms with van der Waals surface area (Å²) in [6.07, 6.45) is 1.67. The maximum absolute atomic E-state index is 12.9. The molecule has 0 saturated heterocycles. The zero-order chi connectivity index (χ0) is 27.0. The van der Waals surface area contributed by atoms with E-state index >= 15 is 0 Å². The van der Waals surface area contributed by atoms with Crippen molar-refractivity contribution in [3.8, 4) is 11.7 Å². The van der Waals surface area contributed by atoms with Crippen LogP contribution >= 0.6 is 0 Å². The zero-order valence-corrected chi connectivity index (χ0v) is 20.3. The second kappa shape index (κ2) is 9.80. The molecule has 0 aliphatic heterocycles.